The summed E-state index contributed by atoms with van der Waals surface area (Å²) < 4.78 is 1.81. The molecule has 0 radical (unpaired) electrons. The SMILES string of the molecule is Cc1c(/C=N/NC(N)=O)c2ccccn2c1C(=O)c1ccncc1.Cl. The van der Waals surface area contributed by atoms with E-state index in [2.05, 4.69) is 15.5 Å². The molecule has 0 aliphatic carbocycles. The number of carbonyl (C=O) groups excluding carboxylic acids is 2. The molecule has 3 aromatic heterocycles. The van der Waals surface area contributed by atoms with Gasteiger partial charge in [-0.05, 0) is 36.8 Å². The molecule has 128 valence electrons. The van der Waals surface area contributed by atoms with Gasteiger partial charge in [0.05, 0.1) is 17.4 Å². The van der Waals surface area contributed by atoms with Crippen LogP contribution in [0.2, 0.25) is 0 Å². The highest BCUT2D eigenvalue weighted by molar-refractivity contribution is 6.11. The molecule has 0 aliphatic rings. The van der Waals surface area contributed by atoms with E-state index >= 15 is 0 Å². The Bertz CT molecular complexity index is 950. The molecule has 0 saturated heterocycles. The van der Waals surface area contributed by atoms with Gasteiger partial charge in [-0.2, -0.15) is 5.10 Å². The zero-order valence-corrected chi connectivity index (χ0v) is 14.2. The van der Waals surface area contributed by atoms with Gasteiger partial charge in [-0.3, -0.25) is 9.78 Å². The minimum Gasteiger partial charge on any atom is -0.350 e. The number of amides is 2. The van der Waals surface area contributed by atoms with Crippen molar-refractivity contribution in [2.24, 2.45) is 10.8 Å². The molecule has 0 aromatic carbocycles. The topological polar surface area (TPSA) is 102 Å². The van der Waals surface area contributed by atoms with Crippen molar-refractivity contribution in [1.82, 2.24) is 14.8 Å². The minimum atomic E-state index is -0.750. The monoisotopic (exact) mass is 357 g/mol. The number of aromatic nitrogens is 2. The predicted octanol–water partition coefficient (Wildman–Crippen LogP) is 2.30. The van der Waals surface area contributed by atoms with Crippen LogP contribution in [0.1, 0.15) is 27.2 Å². The van der Waals surface area contributed by atoms with Crippen LogP contribution < -0.4 is 11.2 Å². The molecule has 3 N–H and O–H groups in total. The molecule has 2 amide bonds. The van der Waals surface area contributed by atoms with E-state index in [4.69, 9.17) is 5.73 Å². The maximum Gasteiger partial charge on any atom is 0.332 e. The third kappa shape index (κ3) is 3.51. The van der Waals surface area contributed by atoms with Crippen LogP contribution in [0.5, 0.6) is 0 Å². The third-order valence-corrected chi connectivity index (χ3v) is 3.66. The first-order valence-electron chi connectivity index (χ1n) is 7.22. The number of ketones is 1. The Morgan fingerprint density at radius 2 is 1.96 bits per heavy atom. The van der Waals surface area contributed by atoms with Crippen LogP contribution in [0.4, 0.5) is 4.79 Å². The summed E-state index contributed by atoms with van der Waals surface area (Å²) in [7, 11) is 0. The molecular formula is C17H16ClN5O2. The number of hydrogen-bond donors (Lipinski definition) is 2. The van der Waals surface area contributed by atoms with Crippen molar-refractivity contribution in [3.63, 3.8) is 0 Å². The van der Waals surface area contributed by atoms with Gasteiger partial charge < -0.3 is 10.1 Å². The van der Waals surface area contributed by atoms with Crippen LogP contribution in [-0.2, 0) is 0 Å². The van der Waals surface area contributed by atoms with Crippen LogP contribution in [0, 0.1) is 6.92 Å². The lowest BCUT2D eigenvalue weighted by Gasteiger charge is -2.03. The second-order valence-corrected chi connectivity index (χ2v) is 5.14. The summed E-state index contributed by atoms with van der Waals surface area (Å²) in [6.45, 7) is 1.84. The first kappa shape index (κ1) is 18.2. The standard InChI is InChI=1S/C17H15N5O2.ClH/c1-11-13(10-20-21-17(18)24)14-4-2-3-9-22(14)15(11)16(23)12-5-7-19-8-6-12;/h2-10H,1H3,(H3,18,21,24);1H/b20-10+;. The number of nitrogens with two attached hydrogens (primary N) is 1. The summed E-state index contributed by atoms with van der Waals surface area (Å²) >= 11 is 0. The van der Waals surface area contributed by atoms with Gasteiger partial charge in [0.15, 0.2) is 0 Å². The molecule has 0 atom stereocenters. The molecule has 8 heteroatoms. The summed E-state index contributed by atoms with van der Waals surface area (Å²) in [5, 5.41) is 3.81. The number of rotatable bonds is 4. The van der Waals surface area contributed by atoms with Gasteiger partial charge >= 0.3 is 6.03 Å². The van der Waals surface area contributed by atoms with E-state index < -0.39 is 6.03 Å². The van der Waals surface area contributed by atoms with Crippen LogP contribution in [0.3, 0.4) is 0 Å². The number of hydrogen-bond acceptors (Lipinski definition) is 4. The fourth-order valence-corrected chi connectivity index (χ4v) is 2.60. The number of carbonyl (C=O) groups is 2. The molecular weight excluding hydrogens is 342 g/mol. The molecule has 0 spiro atoms. The number of halogens is 1. The van der Waals surface area contributed by atoms with Crippen LogP contribution >= 0.6 is 12.4 Å². The zero-order valence-electron chi connectivity index (χ0n) is 13.3. The Kier molecular flexibility index (Phi) is 5.51. The molecule has 0 aliphatic heterocycles. The molecule has 3 aromatic rings. The van der Waals surface area contributed by atoms with Gasteiger partial charge in [0.2, 0.25) is 5.78 Å². The van der Waals surface area contributed by atoms with E-state index in [-0.39, 0.29) is 18.2 Å². The number of fused-ring (bicyclic) bond motifs is 1. The van der Waals surface area contributed by atoms with E-state index in [0.29, 0.717) is 11.3 Å². The largest absolute Gasteiger partial charge is 0.350 e. The summed E-state index contributed by atoms with van der Waals surface area (Å²) in [6.07, 6.45) is 6.46. The summed E-state index contributed by atoms with van der Waals surface area (Å²) in [6, 6.07) is 8.19. The molecule has 25 heavy (non-hydrogen) atoms. The number of pyridine rings is 2. The Morgan fingerprint density at radius 3 is 2.64 bits per heavy atom. The van der Waals surface area contributed by atoms with E-state index in [1.807, 2.05) is 35.7 Å². The molecule has 7 nitrogen and oxygen atoms in total. The highest BCUT2D eigenvalue weighted by Crippen LogP contribution is 2.24. The average molecular weight is 358 g/mol. The van der Waals surface area contributed by atoms with Crippen LogP contribution in [-0.4, -0.2) is 27.4 Å². The summed E-state index contributed by atoms with van der Waals surface area (Å²) in [4.78, 5) is 27.6. The predicted molar refractivity (Wildman–Crippen MR) is 97.4 cm³/mol. The van der Waals surface area contributed by atoms with Gasteiger partial charge in [-0.25, -0.2) is 10.2 Å². The number of nitrogens with zero attached hydrogens (tertiary/aromatic N) is 3. The third-order valence-electron chi connectivity index (χ3n) is 3.66. The second-order valence-electron chi connectivity index (χ2n) is 5.14. The zero-order chi connectivity index (χ0) is 17.1. The Hall–Kier alpha value is -3.19. The highest BCUT2D eigenvalue weighted by Gasteiger charge is 2.20. The van der Waals surface area contributed by atoms with Crippen molar-refractivity contribution in [3.8, 4) is 0 Å². The number of hydrazone groups is 1. The molecule has 0 unspecified atom stereocenters. The van der Waals surface area contributed by atoms with E-state index in [1.54, 1.807) is 24.5 Å². The van der Waals surface area contributed by atoms with E-state index in [0.717, 1.165) is 16.6 Å². The fourth-order valence-electron chi connectivity index (χ4n) is 2.60. The van der Waals surface area contributed by atoms with Gasteiger partial charge in [-0.15, -0.1) is 12.4 Å². The molecule has 0 bridgehead atoms. The van der Waals surface area contributed by atoms with Crippen molar-refractivity contribution in [2.45, 2.75) is 6.92 Å². The first-order chi connectivity index (χ1) is 11.6. The number of primary amides is 1. The lowest BCUT2D eigenvalue weighted by Crippen LogP contribution is -2.24. The Balaban J connectivity index is 0.00000225. The van der Waals surface area contributed by atoms with Crippen LogP contribution in [0.15, 0.2) is 54.0 Å². The maximum atomic E-state index is 12.9. The van der Waals surface area contributed by atoms with Gasteiger partial charge in [0.1, 0.15) is 0 Å². The van der Waals surface area contributed by atoms with Crippen molar-refractivity contribution < 1.29 is 9.59 Å². The highest BCUT2D eigenvalue weighted by atomic mass is 35.5. The summed E-state index contributed by atoms with van der Waals surface area (Å²) in [5.41, 5.74) is 10.6. The quantitative estimate of drug-likeness (QED) is 0.425. The normalized spacial score (nSPS) is 10.6. The van der Waals surface area contributed by atoms with Gasteiger partial charge in [-0.1, -0.05) is 6.07 Å². The first-order valence-corrected chi connectivity index (χ1v) is 7.22. The Morgan fingerprint density at radius 1 is 1.24 bits per heavy atom. The van der Waals surface area contributed by atoms with E-state index in [9.17, 15) is 9.59 Å². The van der Waals surface area contributed by atoms with E-state index in [1.165, 1.54) is 6.21 Å². The molecule has 3 rings (SSSR count). The lowest BCUT2D eigenvalue weighted by molar-refractivity contribution is 0.103. The lowest BCUT2D eigenvalue weighted by atomic mass is 10.1. The minimum absolute atomic E-state index is 0. The van der Waals surface area contributed by atoms with Crippen molar-refractivity contribution >= 4 is 36.0 Å². The average Bonchev–Trinajstić information content (AvgIpc) is 2.87. The fraction of sp³-hybridized carbons (Fsp3) is 0.0588. The molecule has 3 heterocycles. The molecule has 0 saturated carbocycles. The Labute approximate surface area is 150 Å². The van der Waals surface area contributed by atoms with Gasteiger partial charge in [0.25, 0.3) is 0 Å². The number of urea groups is 1. The van der Waals surface area contributed by atoms with Crippen LogP contribution in [0.25, 0.3) is 5.52 Å². The van der Waals surface area contributed by atoms with Crippen molar-refractivity contribution in [3.05, 3.63) is 71.3 Å². The second kappa shape index (κ2) is 7.59. The summed E-state index contributed by atoms with van der Waals surface area (Å²) in [5.74, 6) is -0.112. The smallest absolute Gasteiger partial charge is 0.332 e. The molecule has 0 fully saturated rings. The van der Waals surface area contributed by atoms with Crippen molar-refractivity contribution in [1.29, 1.82) is 0 Å². The number of nitrogens with one attached hydrogen (secondary N) is 1. The van der Waals surface area contributed by atoms with Crippen molar-refractivity contribution in [2.75, 3.05) is 0 Å². The maximum absolute atomic E-state index is 12.9. The van der Waals surface area contributed by atoms with Gasteiger partial charge in [0, 0.05) is 29.7 Å².